The molecule has 0 bridgehead atoms. The molecular formula is C24H28N4O3. The Balaban J connectivity index is 1.61. The average Bonchev–Trinajstić information content (AvgIpc) is 3.20. The van der Waals surface area contributed by atoms with Crippen LogP contribution in [0.2, 0.25) is 0 Å². The van der Waals surface area contributed by atoms with E-state index in [9.17, 15) is 9.90 Å². The number of nitrogens with one attached hydrogen (secondary N) is 1. The summed E-state index contributed by atoms with van der Waals surface area (Å²) in [6.07, 6.45) is 0.438. The average molecular weight is 421 g/mol. The fourth-order valence-electron chi connectivity index (χ4n) is 3.92. The highest BCUT2D eigenvalue weighted by Crippen LogP contribution is 2.33. The summed E-state index contributed by atoms with van der Waals surface area (Å²) >= 11 is 0. The van der Waals surface area contributed by atoms with Gasteiger partial charge in [0.15, 0.2) is 5.82 Å². The van der Waals surface area contributed by atoms with E-state index in [1.807, 2.05) is 39.0 Å². The van der Waals surface area contributed by atoms with E-state index >= 15 is 0 Å². The Morgan fingerprint density at radius 2 is 2.06 bits per heavy atom. The SMILES string of the molecule is Cc1ccc2c(N3CC[C@@H](CNC(=O)OC(C)C)C3)nc(-c3ccccc3O)nc2c1. The van der Waals surface area contributed by atoms with Gasteiger partial charge in [-0.25, -0.2) is 14.8 Å². The van der Waals surface area contributed by atoms with Gasteiger partial charge in [-0.2, -0.15) is 0 Å². The normalized spacial score (nSPS) is 16.1. The molecule has 4 rings (SSSR count). The van der Waals surface area contributed by atoms with Crippen LogP contribution >= 0.6 is 0 Å². The topological polar surface area (TPSA) is 87.6 Å². The van der Waals surface area contributed by atoms with Gasteiger partial charge < -0.3 is 20.1 Å². The van der Waals surface area contributed by atoms with Crippen molar-refractivity contribution in [3.8, 4) is 17.1 Å². The molecule has 0 unspecified atom stereocenters. The molecule has 7 heteroatoms. The minimum absolute atomic E-state index is 0.135. The Kier molecular flexibility index (Phi) is 5.93. The first-order chi connectivity index (χ1) is 14.9. The van der Waals surface area contributed by atoms with Gasteiger partial charge in [0.1, 0.15) is 11.6 Å². The standard InChI is InChI=1S/C24H28N4O3/c1-15(2)31-24(30)25-13-17-10-11-28(14-17)23-18-9-8-16(3)12-20(18)26-22(27-23)19-6-4-5-7-21(19)29/h4-9,12,15,17,29H,10-11,13-14H2,1-3H3,(H,25,30)/t17-/m0/s1. The number of ether oxygens (including phenoxy) is 1. The molecule has 0 radical (unpaired) electrons. The molecule has 1 atom stereocenters. The van der Waals surface area contributed by atoms with Gasteiger partial charge in [-0.3, -0.25) is 0 Å². The molecule has 1 amide bonds. The number of rotatable bonds is 5. The third kappa shape index (κ3) is 4.71. The summed E-state index contributed by atoms with van der Waals surface area (Å²) in [7, 11) is 0. The smallest absolute Gasteiger partial charge is 0.407 e. The molecule has 0 saturated carbocycles. The van der Waals surface area contributed by atoms with Crippen LogP contribution in [0.4, 0.5) is 10.6 Å². The van der Waals surface area contributed by atoms with Crippen molar-refractivity contribution in [2.75, 3.05) is 24.5 Å². The zero-order valence-corrected chi connectivity index (χ0v) is 18.1. The number of phenolic OH excluding ortho intramolecular Hbond substituents is 1. The fourth-order valence-corrected chi connectivity index (χ4v) is 3.92. The number of benzene rings is 2. The summed E-state index contributed by atoms with van der Waals surface area (Å²) in [4.78, 5) is 23.6. The van der Waals surface area contributed by atoms with Crippen molar-refractivity contribution in [1.82, 2.24) is 15.3 Å². The lowest BCUT2D eigenvalue weighted by Crippen LogP contribution is -2.32. The van der Waals surface area contributed by atoms with Gasteiger partial charge in [-0.15, -0.1) is 0 Å². The highest BCUT2D eigenvalue weighted by atomic mass is 16.6. The maximum absolute atomic E-state index is 11.8. The number of aromatic nitrogens is 2. The number of carbonyl (C=O) groups is 1. The minimum Gasteiger partial charge on any atom is -0.507 e. The van der Waals surface area contributed by atoms with Crippen molar-refractivity contribution in [2.45, 2.75) is 33.3 Å². The van der Waals surface area contributed by atoms with E-state index in [0.717, 1.165) is 41.8 Å². The van der Waals surface area contributed by atoms with E-state index in [0.29, 0.717) is 23.9 Å². The van der Waals surface area contributed by atoms with Gasteiger partial charge in [-0.05, 0) is 62.9 Å². The largest absolute Gasteiger partial charge is 0.507 e. The van der Waals surface area contributed by atoms with Crippen LogP contribution in [0, 0.1) is 12.8 Å². The zero-order chi connectivity index (χ0) is 22.0. The molecule has 0 spiro atoms. The molecule has 1 saturated heterocycles. The molecule has 31 heavy (non-hydrogen) atoms. The Labute approximate surface area is 182 Å². The lowest BCUT2D eigenvalue weighted by atomic mass is 10.1. The molecule has 2 heterocycles. The van der Waals surface area contributed by atoms with E-state index in [-0.39, 0.29) is 17.9 Å². The second-order valence-corrected chi connectivity index (χ2v) is 8.34. The summed E-state index contributed by atoms with van der Waals surface area (Å²) in [6.45, 7) is 7.89. The summed E-state index contributed by atoms with van der Waals surface area (Å²) in [5, 5.41) is 14.2. The van der Waals surface area contributed by atoms with Gasteiger partial charge in [-0.1, -0.05) is 18.2 Å². The van der Waals surface area contributed by atoms with Crippen LogP contribution in [0.15, 0.2) is 42.5 Å². The van der Waals surface area contributed by atoms with Crippen molar-refractivity contribution in [1.29, 1.82) is 0 Å². The van der Waals surface area contributed by atoms with E-state index in [4.69, 9.17) is 14.7 Å². The molecule has 7 nitrogen and oxygen atoms in total. The monoisotopic (exact) mass is 420 g/mol. The van der Waals surface area contributed by atoms with E-state index in [2.05, 4.69) is 22.3 Å². The Morgan fingerprint density at radius 1 is 1.26 bits per heavy atom. The van der Waals surface area contributed by atoms with E-state index in [1.165, 1.54) is 0 Å². The first kappa shape index (κ1) is 20.9. The van der Waals surface area contributed by atoms with Crippen LogP contribution in [0.1, 0.15) is 25.8 Å². The third-order valence-corrected chi connectivity index (χ3v) is 5.44. The van der Waals surface area contributed by atoms with Crippen molar-refractivity contribution in [3.05, 3.63) is 48.0 Å². The lowest BCUT2D eigenvalue weighted by molar-refractivity contribution is 0.114. The summed E-state index contributed by atoms with van der Waals surface area (Å²) in [6, 6.07) is 13.3. The van der Waals surface area contributed by atoms with E-state index in [1.54, 1.807) is 12.1 Å². The summed E-state index contributed by atoms with van der Waals surface area (Å²) in [5.41, 5.74) is 2.58. The molecule has 0 aliphatic carbocycles. The van der Waals surface area contributed by atoms with Crippen LogP contribution in [-0.2, 0) is 4.74 Å². The van der Waals surface area contributed by atoms with Crippen LogP contribution in [-0.4, -0.2) is 46.9 Å². The number of aryl methyl sites for hydroxylation is 1. The molecule has 2 aromatic carbocycles. The van der Waals surface area contributed by atoms with Gasteiger partial charge in [0, 0.05) is 25.0 Å². The van der Waals surface area contributed by atoms with Crippen LogP contribution in [0.3, 0.4) is 0 Å². The number of aromatic hydroxyl groups is 1. The number of alkyl carbamates (subject to hydrolysis) is 1. The molecule has 1 aliphatic rings. The van der Waals surface area contributed by atoms with Gasteiger partial charge in [0.2, 0.25) is 0 Å². The maximum atomic E-state index is 11.8. The number of anilines is 1. The first-order valence-electron chi connectivity index (χ1n) is 10.7. The van der Waals surface area contributed by atoms with Crippen LogP contribution in [0.25, 0.3) is 22.3 Å². The molecule has 1 aliphatic heterocycles. The minimum atomic E-state index is -0.377. The Morgan fingerprint density at radius 3 is 2.84 bits per heavy atom. The predicted molar refractivity (Wildman–Crippen MR) is 121 cm³/mol. The molecule has 2 N–H and O–H groups in total. The number of phenols is 1. The number of hydrogen-bond donors (Lipinski definition) is 2. The third-order valence-electron chi connectivity index (χ3n) is 5.44. The summed E-state index contributed by atoms with van der Waals surface area (Å²) in [5.74, 6) is 1.83. The second kappa shape index (κ2) is 8.79. The highest BCUT2D eigenvalue weighted by Gasteiger charge is 2.26. The van der Waals surface area contributed by atoms with Crippen molar-refractivity contribution < 1.29 is 14.6 Å². The molecular weight excluding hydrogens is 392 g/mol. The maximum Gasteiger partial charge on any atom is 0.407 e. The van der Waals surface area contributed by atoms with Crippen molar-refractivity contribution >= 4 is 22.8 Å². The Hall–Kier alpha value is -3.35. The highest BCUT2D eigenvalue weighted by molar-refractivity contribution is 5.92. The molecule has 162 valence electrons. The van der Waals surface area contributed by atoms with Crippen molar-refractivity contribution in [3.63, 3.8) is 0 Å². The molecule has 1 aromatic heterocycles. The van der Waals surface area contributed by atoms with Gasteiger partial charge in [0.05, 0.1) is 17.2 Å². The number of para-hydroxylation sites is 1. The number of carbonyl (C=O) groups excluding carboxylic acids is 1. The number of fused-ring (bicyclic) bond motifs is 1. The molecule has 1 fully saturated rings. The number of hydrogen-bond acceptors (Lipinski definition) is 6. The van der Waals surface area contributed by atoms with Crippen LogP contribution in [0.5, 0.6) is 5.75 Å². The van der Waals surface area contributed by atoms with Gasteiger partial charge in [0.25, 0.3) is 0 Å². The summed E-state index contributed by atoms with van der Waals surface area (Å²) < 4.78 is 5.16. The lowest BCUT2D eigenvalue weighted by Gasteiger charge is -2.21. The van der Waals surface area contributed by atoms with Crippen molar-refractivity contribution in [2.24, 2.45) is 5.92 Å². The zero-order valence-electron chi connectivity index (χ0n) is 18.1. The number of nitrogens with zero attached hydrogens (tertiary/aromatic N) is 3. The predicted octanol–water partition coefficient (Wildman–Crippen LogP) is 4.27. The fraction of sp³-hybridized carbons (Fsp3) is 0.375. The Bertz CT molecular complexity index is 1100. The molecule has 3 aromatic rings. The first-order valence-corrected chi connectivity index (χ1v) is 10.7. The van der Waals surface area contributed by atoms with Gasteiger partial charge >= 0.3 is 6.09 Å². The quantitative estimate of drug-likeness (QED) is 0.641. The second-order valence-electron chi connectivity index (χ2n) is 8.34. The van der Waals surface area contributed by atoms with Crippen LogP contribution < -0.4 is 10.2 Å². The van der Waals surface area contributed by atoms with E-state index < -0.39 is 0 Å². The number of amides is 1.